The lowest BCUT2D eigenvalue weighted by atomic mass is 9.94. The predicted octanol–water partition coefficient (Wildman–Crippen LogP) is 16.5. The first kappa shape index (κ1) is 34.0. The standard InChI is InChI=1S/C56H37NS/c1-2-12-42(13-3-1)51-33-27-46(50-19-10-16-41-14-6-7-17-49(41)50)37-54(51)57(47-29-23-39(24-30-47)44-22-21-38-11-4-5-15-43(38)35-44)48-31-25-40(26-32-48)45-28-34-56-53(36-45)52-18-8-9-20-55(52)58-56/h1-37H. The zero-order valence-electron chi connectivity index (χ0n) is 31.7. The van der Waals surface area contributed by atoms with Gasteiger partial charge in [0.05, 0.1) is 5.69 Å². The molecular weight excluding hydrogens is 719 g/mol. The Morgan fingerprint density at radius 3 is 1.62 bits per heavy atom. The monoisotopic (exact) mass is 755 g/mol. The van der Waals surface area contributed by atoms with Gasteiger partial charge in [-0.2, -0.15) is 0 Å². The molecule has 0 saturated heterocycles. The molecule has 0 fully saturated rings. The van der Waals surface area contributed by atoms with Gasteiger partial charge in [0.2, 0.25) is 0 Å². The van der Waals surface area contributed by atoms with E-state index in [1.165, 1.54) is 86.2 Å². The van der Waals surface area contributed by atoms with Gasteiger partial charge in [-0.1, -0.05) is 170 Å². The minimum Gasteiger partial charge on any atom is -0.310 e. The molecule has 1 aromatic heterocycles. The topological polar surface area (TPSA) is 3.24 Å². The van der Waals surface area contributed by atoms with Crippen LogP contribution in [0.5, 0.6) is 0 Å². The van der Waals surface area contributed by atoms with E-state index in [9.17, 15) is 0 Å². The fourth-order valence-electron chi connectivity index (χ4n) is 8.53. The molecule has 0 unspecified atom stereocenters. The first-order valence-electron chi connectivity index (χ1n) is 19.8. The minimum absolute atomic E-state index is 1.09. The molecule has 11 rings (SSSR count). The number of nitrogens with zero attached hydrogens (tertiary/aromatic N) is 1. The van der Waals surface area contributed by atoms with Gasteiger partial charge in [0.15, 0.2) is 0 Å². The van der Waals surface area contributed by atoms with Gasteiger partial charge in [-0.3, -0.25) is 0 Å². The van der Waals surface area contributed by atoms with Crippen molar-refractivity contribution in [1.82, 2.24) is 0 Å². The zero-order chi connectivity index (χ0) is 38.4. The van der Waals surface area contributed by atoms with E-state index in [0.717, 1.165) is 17.1 Å². The van der Waals surface area contributed by atoms with Gasteiger partial charge in [0.25, 0.3) is 0 Å². The van der Waals surface area contributed by atoms with E-state index in [1.807, 2.05) is 11.3 Å². The van der Waals surface area contributed by atoms with Crippen molar-refractivity contribution in [3.8, 4) is 44.5 Å². The molecular formula is C56H37NS. The highest BCUT2D eigenvalue weighted by Crippen LogP contribution is 2.45. The van der Waals surface area contributed by atoms with E-state index in [-0.39, 0.29) is 0 Å². The van der Waals surface area contributed by atoms with Crippen molar-refractivity contribution < 1.29 is 0 Å². The first-order chi connectivity index (χ1) is 28.7. The summed E-state index contributed by atoms with van der Waals surface area (Å²) in [6.45, 7) is 0. The average Bonchev–Trinajstić information content (AvgIpc) is 3.68. The quantitative estimate of drug-likeness (QED) is 0.157. The predicted molar refractivity (Wildman–Crippen MR) is 251 cm³/mol. The maximum Gasteiger partial charge on any atom is 0.0546 e. The van der Waals surface area contributed by atoms with E-state index in [1.54, 1.807) is 0 Å². The van der Waals surface area contributed by atoms with Crippen molar-refractivity contribution in [2.45, 2.75) is 0 Å². The number of benzene rings is 10. The Kier molecular flexibility index (Phi) is 8.42. The molecule has 58 heavy (non-hydrogen) atoms. The molecule has 2 heteroatoms. The lowest BCUT2D eigenvalue weighted by Gasteiger charge is -2.29. The van der Waals surface area contributed by atoms with Gasteiger partial charge in [-0.25, -0.2) is 0 Å². The lowest BCUT2D eigenvalue weighted by Crippen LogP contribution is -2.11. The highest BCUT2D eigenvalue weighted by Gasteiger charge is 2.20. The number of rotatable bonds is 7. The molecule has 0 aliphatic heterocycles. The second-order valence-corrected chi connectivity index (χ2v) is 16.0. The SMILES string of the molecule is c1ccc(-c2ccc(-c3cccc4ccccc34)cc2N(c2ccc(-c3ccc4ccccc4c3)cc2)c2ccc(-c3ccc4sc5ccccc5c4c3)cc2)cc1. The van der Waals surface area contributed by atoms with Crippen molar-refractivity contribution in [3.63, 3.8) is 0 Å². The summed E-state index contributed by atoms with van der Waals surface area (Å²) in [6.07, 6.45) is 0. The van der Waals surface area contributed by atoms with Gasteiger partial charge >= 0.3 is 0 Å². The van der Waals surface area contributed by atoms with Crippen molar-refractivity contribution in [3.05, 3.63) is 224 Å². The highest BCUT2D eigenvalue weighted by molar-refractivity contribution is 7.25. The van der Waals surface area contributed by atoms with Crippen molar-refractivity contribution in [2.24, 2.45) is 0 Å². The maximum absolute atomic E-state index is 2.43. The Morgan fingerprint density at radius 2 is 0.845 bits per heavy atom. The van der Waals surface area contributed by atoms with Gasteiger partial charge in [0, 0.05) is 37.1 Å². The summed E-state index contributed by atoms with van der Waals surface area (Å²) in [5.41, 5.74) is 12.9. The van der Waals surface area contributed by atoms with E-state index < -0.39 is 0 Å². The van der Waals surface area contributed by atoms with Crippen LogP contribution >= 0.6 is 11.3 Å². The van der Waals surface area contributed by atoms with Crippen LogP contribution in [-0.4, -0.2) is 0 Å². The third-order valence-corrected chi connectivity index (χ3v) is 12.6. The number of thiophene rings is 1. The molecule has 272 valence electrons. The minimum atomic E-state index is 1.09. The first-order valence-corrected chi connectivity index (χ1v) is 20.6. The van der Waals surface area contributed by atoms with E-state index in [0.29, 0.717) is 0 Å². The summed E-state index contributed by atoms with van der Waals surface area (Å²) in [5.74, 6) is 0. The Morgan fingerprint density at radius 1 is 0.276 bits per heavy atom. The third kappa shape index (κ3) is 6.12. The molecule has 0 atom stereocenters. The average molecular weight is 756 g/mol. The van der Waals surface area contributed by atoms with Crippen LogP contribution in [0.15, 0.2) is 224 Å². The molecule has 0 N–H and O–H groups in total. The molecule has 0 saturated carbocycles. The number of fused-ring (bicyclic) bond motifs is 5. The van der Waals surface area contributed by atoms with Crippen LogP contribution in [0.4, 0.5) is 17.1 Å². The molecule has 0 bridgehead atoms. The molecule has 0 spiro atoms. The van der Waals surface area contributed by atoms with Gasteiger partial charge in [-0.05, 0) is 115 Å². The molecule has 0 radical (unpaired) electrons. The van der Waals surface area contributed by atoms with Crippen LogP contribution in [0, 0.1) is 0 Å². The molecule has 11 aromatic rings. The Balaban J connectivity index is 1.08. The largest absolute Gasteiger partial charge is 0.310 e. The lowest BCUT2D eigenvalue weighted by molar-refractivity contribution is 1.28. The summed E-state index contributed by atoms with van der Waals surface area (Å²) >= 11 is 1.86. The second kappa shape index (κ2) is 14.4. The van der Waals surface area contributed by atoms with Crippen molar-refractivity contribution in [1.29, 1.82) is 0 Å². The summed E-state index contributed by atoms with van der Waals surface area (Å²) in [4.78, 5) is 2.43. The van der Waals surface area contributed by atoms with Crippen LogP contribution in [0.25, 0.3) is 86.2 Å². The number of hydrogen-bond donors (Lipinski definition) is 0. The molecule has 0 aliphatic carbocycles. The van der Waals surface area contributed by atoms with Crippen LogP contribution < -0.4 is 4.90 Å². The Bertz CT molecular complexity index is 3260. The van der Waals surface area contributed by atoms with Gasteiger partial charge in [0.1, 0.15) is 0 Å². The molecule has 0 amide bonds. The van der Waals surface area contributed by atoms with E-state index in [4.69, 9.17) is 0 Å². The fourth-order valence-corrected chi connectivity index (χ4v) is 9.62. The summed E-state index contributed by atoms with van der Waals surface area (Å²) < 4.78 is 2.65. The zero-order valence-corrected chi connectivity index (χ0v) is 32.5. The Hall–Kier alpha value is -7.26. The fraction of sp³-hybridized carbons (Fsp3) is 0. The number of hydrogen-bond acceptors (Lipinski definition) is 2. The van der Waals surface area contributed by atoms with Crippen LogP contribution in [-0.2, 0) is 0 Å². The summed E-state index contributed by atoms with van der Waals surface area (Å²) in [7, 11) is 0. The molecule has 1 nitrogen and oxygen atoms in total. The third-order valence-electron chi connectivity index (χ3n) is 11.5. The van der Waals surface area contributed by atoms with Crippen LogP contribution in [0.3, 0.4) is 0 Å². The van der Waals surface area contributed by atoms with E-state index in [2.05, 4.69) is 229 Å². The summed E-state index contributed by atoms with van der Waals surface area (Å²) in [5, 5.41) is 7.61. The van der Waals surface area contributed by atoms with Crippen LogP contribution in [0.2, 0.25) is 0 Å². The number of anilines is 3. The summed E-state index contributed by atoms with van der Waals surface area (Å²) in [6, 6.07) is 82.1. The maximum atomic E-state index is 2.43. The molecule has 0 aliphatic rings. The Labute approximate surface area is 342 Å². The molecule has 1 heterocycles. The van der Waals surface area contributed by atoms with Crippen LogP contribution in [0.1, 0.15) is 0 Å². The van der Waals surface area contributed by atoms with E-state index >= 15 is 0 Å². The smallest absolute Gasteiger partial charge is 0.0546 e. The normalized spacial score (nSPS) is 11.4. The molecule has 10 aromatic carbocycles. The van der Waals surface area contributed by atoms with Crippen molar-refractivity contribution in [2.75, 3.05) is 4.90 Å². The highest BCUT2D eigenvalue weighted by atomic mass is 32.1. The van der Waals surface area contributed by atoms with Crippen molar-refractivity contribution >= 4 is 70.1 Å². The van der Waals surface area contributed by atoms with Gasteiger partial charge in [-0.15, -0.1) is 11.3 Å². The van der Waals surface area contributed by atoms with Gasteiger partial charge < -0.3 is 4.90 Å². The second-order valence-electron chi connectivity index (χ2n) is 14.9.